The molecule has 0 aromatic carbocycles. The number of carbonyl (C=O) groups is 2. The SMILES string of the molecule is CCCCCCCC/C=C/CCCCCCCC(=O)OCCSCCOC(C)=O. The minimum Gasteiger partial charge on any atom is -0.465 e. The van der Waals surface area contributed by atoms with Crippen LogP contribution in [0.15, 0.2) is 12.2 Å². The zero-order chi connectivity index (χ0) is 21.4. The summed E-state index contributed by atoms with van der Waals surface area (Å²) in [7, 11) is 0. The van der Waals surface area contributed by atoms with Gasteiger partial charge < -0.3 is 9.47 Å². The van der Waals surface area contributed by atoms with E-state index >= 15 is 0 Å². The second kappa shape index (κ2) is 23.3. The molecule has 0 saturated heterocycles. The standard InChI is InChI=1S/C24H44O4S/c1-3-4-5-6-7-8-9-10-11-12-13-14-15-16-17-18-24(26)28-20-22-29-21-19-27-23(2)25/h10-11H,3-9,12-22H2,1-2H3/b11-10+. The molecule has 5 heteroatoms. The fourth-order valence-corrected chi connectivity index (χ4v) is 3.58. The van der Waals surface area contributed by atoms with Gasteiger partial charge in [-0.1, -0.05) is 70.4 Å². The van der Waals surface area contributed by atoms with Crippen molar-refractivity contribution in [2.75, 3.05) is 24.7 Å². The number of unbranched alkanes of at least 4 members (excludes halogenated alkanes) is 11. The number of rotatable bonds is 21. The second-order valence-corrected chi connectivity index (χ2v) is 8.73. The van der Waals surface area contributed by atoms with Gasteiger partial charge in [-0.3, -0.25) is 9.59 Å². The molecule has 0 aromatic heterocycles. The highest BCUT2D eigenvalue weighted by Gasteiger charge is 2.02. The number of hydrogen-bond donors (Lipinski definition) is 0. The van der Waals surface area contributed by atoms with E-state index in [1.165, 1.54) is 77.6 Å². The normalized spacial score (nSPS) is 11.1. The van der Waals surface area contributed by atoms with Crippen molar-refractivity contribution in [1.29, 1.82) is 0 Å². The summed E-state index contributed by atoms with van der Waals surface area (Å²) in [5.74, 6) is 1.14. The lowest BCUT2D eigenvalue weighted by molar-refractivity contribution is -0.143. The molecule has 4 nitrogen and oxygen atoms in total. The first-order valence-electron chi connectivity index (χ1n) is 11.7. The molecule has 0 amide bonds. The van der Waals surface area contributed by atoms with Gasteiger partial charge in [0.1, 0.15) is 13.2 Å². The molecule has 0 aliphatic carbocycles. The third kappa shape index (κ3) is 25.0. The van der Waals surface area contributed by atoms with Gasteiger partial charge in [0.05, 0.1) is 0 Å². The van der Waals surface area contributed by atoms with Gasteiger partial charge in [-0.05, 0) is 32.1 Å². The van der Waals surface area contributed by atoms with Crippen molar-refractivity contribution in [3.05, 3.63) is 12.2 Å². The molecule has 0 aliphatic rings. The highest BCUT2D eigenvalue weighted by atomic mass is 32.2. The van der Waals surface area contributed by atoms with E-state index in [0.717, 1.165) is 24.3 Å². The molecule has 0 saturated carbocycles. The first-order valence-corrected chi connectivity index (χ1v) is 12.8. The average molecular weight is 429 g/mol. The van der Waals surface area contributed by atoms with E-state index in [1.54, 1.807) is 11.8 Å². The molecule has 0 rings (SSSR count). The topological polar surface area (TPSA) is 52.6 Å². The van der Waals surface area contributed by atoms with Crippen molar-refractivity contribution >= 4 is 23.7 Å². The Bertz CT molecular complexity index is 410. The van der Waals surface area contributed by atoms with Crippen LogP contribution in [0.5, 0.6) is 0 Å². The van der Waals surface area contributed by atoms with E-state index < -0.39 is 0 Å². The van der Waals surface area contributed by atoms with Crippen LogP contribution in [0.4, 0.5) is 0 Å². The van der Waals surface area contributed by atoms with Gasteiger partial charge in [0, 0.05) is 24.9 Å². The molecular formula is C24H44O4S. The molecular weight excluding hydrogens is 384 g/mol. The number of esters is 2. The summed E-state index contributed by atoms with van der Waals surface area (Å²) in [5, 5.41) is 0. The van der Waals surface area contributed by atoms with Gasteiger partial charge in [-0.15, -0.1) is 0 Å². The van der Waals surface area contributed by atoms with Crippen molar-refractivity contribution in [2.45, 2.75) is 104 Å². The third-order valence-corrected chi connectivity index (χ3v) is 5.58. The molecule has 0 spiro atoms. The van der Waals surface area contributed by atoms with Crippen LogP contribution in [0, 0.1) is 0 Å². The van der Waals surface area contributed by atoms with Gasteiger partial charge in [-0.25, -0.2) is 0 Å². The molecule has 0 radical (unpaired) electrons. The Hall–Kier alpha value is -0.970. The van der Waals surface area contributed by atoms with E-state index in [1.807, 2.05) is 0 Å². The van der Waals surface area contributed by atoms with Crippen molar-refractivity contribution in [2.24, 2.45) is 0 Å². The number of carbonyl (C=O) groups excluding carboxylic acids is 2. The van der Waals surface area contributed by atoms with E-state index in [0.29, 0.717) is 19.6 Å². The van der Waals surface area contributed by atoms with Gasteiger partial charge in [0.15, 0.2) is 0 Å². The maximum Gasteiger partial charge on any atom is 0.305 e. The third-order valence-electron chi connectivity index (χ3n) is 4.67. The van der Waals surface area contributed by atoms with Crippen LogP contribution in [0.3, 0.4) is 0 Å². The smallest absolute Gasteiger partial charge is 0.305 e. The molecule has 0 aromatic rings. The first kappa shape index (κ1) is 28.0. The Labute approximate surface area is 183 Å². The molecule has 0 aliphatic heterocycles. The second-order valence-electron chi connectivity index (χ2n) is 7.51. The van der Waals surface area contributed by atoms with Gasteiger partial charge >= 0.3 is 11.9 Å². The lowest BCUT2D eigenvalue weighted by Crippen LogP contribution is -2.08. The van der Waals surface area contributed by atoms with Crippen LogP contribution < -0.4 is 0 Å². The molecule has 0 fully saturated rings. The lowest BCUT2D eigenvalue weighted by Gasteiger charge is -2.05. The first-order chi connectivity index (χ1) is 14.2. The molecule has 170 valence electrons. The Balaban J connectivity index is 3.22. The monoisotopic (exact) mass is 428 g/mol. The van der Waals surface area contributed by atoms with Crippen molar-refractivity contribution in [3.63, 3.8) is 0 Å². The summed E-state index contributed by atoms with van der Waals surface area (Å²) in [4.78, 5) is 22.2. The lowest BCUT2D eigenvalue weighted by atomic mass is 10.1. The Morgan fingerprint density at radius 2 is 1.24 bits per heavy atom. The summed E-state index contributed by atoms with van der Waals surface area (Å²) in [6.45, 7) is 4.52. The number of ether oxygens (including phenoxy) is 2. The molecule has 0 atom stereocenters. The van der Waals surface area contributed by atoms with E-state index in [4.69, 9.17) is 9.47 Å². The summed E-state index contributed by atoms with van der Waals surface area (Å²) in [5.41, 5.74) is 0. The molecule has 29 heavy (non-hydrogen) atoms. The number of allylic oxidation sites excluding steroid dienone is 2. The summed E-state index contributed by atoms with van der Waals surface area (Å²) >= 11 is 1.63. The zero-order valence-corrected chi connectivity index (χ0v) is 19.7. The largest absolute Gasteiger partial charge is 0.465 e. The maximum absolute atomic E-state index is 11.6. The Kier molecular flexibility index (Phi) is 22.5. The van der Waals surface area contributed by atoms with E-state index in [-0.39, 0.29) is 11.9 Å². The van der Waals surface area contributed by atoms with E-state index in [2.05, 4.69) is 19.1 Å². The zero-order valence-electron chi connectivity index (χ0n) is 18.9. The summed E-state index contributed by atoms with van der Waals surface area (Å²) in [6, 6.07) is 0. The average Bonchev–Trinajstić information content (AvgIpc) is 2.70. The Morgan fingerprint density at radius 1 is 0.724 bits per heavy atom. The van der Waals surface area contributed by atoms with Crippen LogP contribution >= 0.6 is 11.8 Å². The summed E-state index contributed by atoms with van der Waals surface area (Å²) in [6.07, 6.45) is 21.6. The van der Waals surface area contributed by atoms with Crippen LogP contribution in [-0.2, 0) is 19.1 Å². The predicted molar refractivity (Wildman–Crippen MR) is 124 cm³/mol. The van der Waals surface area contributed by atoms with Crippen LogP contribution in [0.1, 0.15) is 104 Å². The van der Waals surface area contributed by atoms with Gasteiger partial charge in [0.2, 0.25) is 0 Å². The minimum atomic E-state index is -0.253. The quantitative estimate of drug-likeness (QED) is 0.113. The Morgan fingerprint density at radius 3 is 1.83 bits per heavy atom. The molecule has 0 heterocycles. The number of hydrogen-bond acceptors (Lipinski definition) is 5. The fraction of sp³-hybridized carbons (Fsp3) is 0.833. The van der Waals surface area contributed by atoms with Crippen LogP contribution in [0.25, 0.3) is 0 Å². The van der Waals surface area contributed by atoms with Crippen LogP contribution in [-0.4, -0.2) is 36.7 Å². The van der Waals surface area contributed by atoms with Crippen molar-refractivity contribution in [3.8, 4) is 0 Å². The molecule has 0 unspecified atom stereocenters. The minimum absolute atomic E-state index is 0.0942. The maximum atomic E-state index is 11.6. The predicted octanol–water partition coefficient (Wildman–Crippen LogP) is 6.86. The highest BCUT2D eigenvalue weighted by Crippen LogP contribution is 2.10. The van der Waals surface area contributed by atoms with Gasteiger partial charge in [-0.2, -0.15) is 11.8 Å². The van der Waals surface area contributed by atoms with Crippen molar-refractivity contribution < 1.29 is 19.1 Å². The number of thioether (sulfide) groups is 1. The van der Waals surface area contributed by atoms with Gasteiger partial charge in [0.25, 0.3) is 0 Å². The summed E-state index contributed by atoms with van der Waals surface area (Å²) < 4.78 is 10.0. The highest BCUT2D eigenvalue weighted by molar-refractivity contribution is 7.99. The fourth-order valence-electron chi connectivity index (χ4n) is 2.97. The molecule has 0 bridgehead atoms. The van der Waals surface area contributed by atoms with Crippen molar-refractivity contribution in [1.82, 2.24) is 0 Å². The molecule has 0 N–H and O–H groups in total. The van der Waals surface area contributed by atoms with E-state index in [9.17, 15) is 9.59 Å². The van der Waals surface area contributed by atoms with Crippen LogP contribution in [0.2, 0.25) is 0 Å².